The SMILES string of the molecule is O=C(O)COc1ccc([C@@H](O)P(=O)(O)CCCC(=O)OCNC(=O)OCc2ccccc2)cc1. The molecule has 4 N–H and O–H groups in total. The van der Waals surface area contributed by atoms with Crippen LogP contribution in [-0.4, -0.2) is 52.6 Å². The van der Waals surface area contributed by atoms with Crippen molar-refractivity contribution in [2.24, 2.45) is 0 Å². The lowest BCUT2D eigenvalue weighted by Gasteiger charge is -2.18. The molecule has 2 rings (SSSR count). The van der Waals surface area contributed by atoms with Crippen molar-refractivity contribution >= 4 is 25.4 Å². The number of alkyl carbamates (subject to hydrolysis) is 1. The van der Waals surface area contributed by atoms with Crippen LogP contribution in [0, 0.1) is 0 Å². The quantitative estimate of drug-likeness (QED) is 0.184. The number of carboxylic acid groups (broad SMARTS) is 1. The summed E-state index contributed by atoms with van der Waals surface area (Å²) in [4.78, 5) is 44.0. The number of hydrogen-bond acceptors (Lipinski definition) is 8. The number of rotatable bonds is 13. The lowest BCUT2D eigenvalue weighted by atomic mass is 10.2. The van der Waals surface area contributed by atoms with Crippen LogP contribution >= 0.6 is 7.37 Å². The van der Waals surface area contributed by atoms with Crippen molar-refractivity contribution in [1.82, 2.24) is 5.32 Å². The highest BCUT2D eigenvalue weighted by molar-refractivity contribution is 7.58. The monoisotopic (exact) mass is 495 g/mol. The Bertz CT molecular complexity index is 997. The van der Waals surface area contributed by atoms with Crippen molar-refractivity contribution in [1.29, 1.82) is 0 Å². The summed E-state index contributed by atoms with van der Waals surface area (Å²) in [6, 6.07) is 14.5. The van der Waals surface area contributed by atoms with Gasteiger partial charge >= 0.3 is 18.0 Å². The van der Waals surface area contributed by atoms with Crippen LogP contribution in [0.1, 0.15) is 29.8 Å². The standard InChI is InChI=1S/C22H26NO10P/c24-19(25)14-31-18-10-8-17(9-11-18)21(27)34(29,30)12-4-7-20(26)33-15-23-22(28)32-13-16-5-2-1-3-6-16/h1-3,5-6,8-11,21,27H,4,7,12-15H2,(H,23,28)(H,24,25)(H,29,30)/t21-/m0/s1. The van der Waals surface area contributed by atoms with Crippen LogP contribution in [0.15, 0.2) is 54.6 Å². The average Bonchev–Trinajstić information content (AvgIpc) is 2.82. The van der Waals surface area contributed by atoms with Gasteiger partial charge in [0.2, 0.25) is 7.37 Å². The van der Waals surface area contributed by atoms with Crippen molar-refractivity contribution in [3.63, 3.8) is 0 Å². The highest BCUT2D eigenvalue weighted by Gasteiger charge is 2.30. The Morgan fingerprint density at radius 1 is 1.00 bits per heavy atom. The van der Waals surface area contributed by atoms with Gasteiger partial charge in [-0.3, -0.25) is 14.7 Å². The third-order valence-electron chi connectivity index (χ3n) is 4.44. The second-order valence-corrected chi connectivity index (χ2v) is 9.55. The van der Waals surface area contributed by atoms with E-state index >= 15 is 0 Å². The number of ether oxygens (including phenoxy) is 3. The van der Waals surface area contributed by atoms with E-state index in [4.69, 9.17) is 19.3 Å². The first-order valence-electron chi connectivity index (χ1n) is 10.2. The maximum Gasteiger partial charge on any atom is 0.410 e. The zero-order valence-electron chi connectivity index (χ0n) is 18.2. The molecule has 0 aromatic heterocycles. The summed E-state index contributed by atoms with van der Waals surface area (Å²) in [5.41, 5.74) is 0.946. The summed E-state index contributed by atoms with van der Waals surface area (Å²) in [5, 5.41) is 21.1. The van der Waals surface area contributed by atoms with E-state index in [-0.39, 0.29) is 36.9 Å². The predicted octanol–water partition coefficient (Wildman–Crippen LogP) is 2.62. The fourth-order valence-corrected chi connectivity index (χ4v) is 4.20. The summed E-state index contributed by atoms with van der Waals surface area (Å²) >= 11 is 0. The van der Waals surface area contributed by atoms with Crippen LogP contribution in [0.25, 0.3) is 0 Å². The number of carboxylic acids is 1. The maximum atomic E-state index is 12.5. The van der Waals surface area contributed by atoms with Crippen molar-refractivity contribution in [3.05, 3.63) is 65.7 Å². The van der Waals surface area contributed by atoms with Crippen molar-refractivity contribution < 1.29 is 48.3 Å². The first-order chi connectivity index (χ1) is 16.2. The van der Waals surface area contributed by atoms with Gasteiger partial charge in [0.05, 0.1) is 0 Å². The average molecular weight is 495 g/mol. The zero-order chi connectivity index (χ0) is 25.0. The van der Waals surface area contributed by atoms with Crippen LogP contribution in [0.5, 0.6) is 5.75 Å². The number of aliphatic carboxylic acids is 1. The molecule has 1 amide bonds. The fraction of sp³-hybridized carbons (Fsp3) is 0.318. The van der Waals surface area contributed by atoms with E-state index in [9.17, 15) is 28.9 Å². The van der Waals surface area contributed by atoms with Gasteiger partial charge in [0.25, 0.3) is 0 Å². The number of carbonyl (C=O) groups excluding carboxylic acids is 2. The number of carbonyl (C=O) groups is 3. The van der Waals surface area contributed by atoms with Gasteiger partial charge in [-0.05, 0) is 29.7 Å². The summed E-state index contributed by atoms with van der Waals surface area (Å²) in [7, 11) is -4.06. The number of hydrogen-bond donors (Lipinski definition) is 4. The fourth-order valence-electron chi connectivity index (χ4n) is 2.71. The van der Waals surface area contributed by atoms with Gasteiger partial charge in [-0.25, -0.2) is 9.59 Å². The van der Waals surface area contributed by atoms with Crippen LogP contribution in [0.2, 0.25) is 0 Å². The number of aliphatic hydroxyl groups excluding tert-OH is 1. The zero-order valence-corrected chi connectivity index (χ0v) is 19.1. The van der Waals surface area contributed by atoms with Crippen LogP contribution in [0.4, 0.5) is 4.79 Å². The molecule has 0 aliphatic rings. The van der Waals surface area contributed by atoms with Crippen LogP contribution in [0.3, 0.4) is 0 Å². The second kappa shape index (κ2) is 13.3. The number of aliphatic hydroxyl groups is 1. The molecule has 0 aliphatic carbocycles. The molecule has 12 heteroatoms. The first-order valence-corrected chi connectivity index (χ1v) is 12.1. The second-order valence-electron chi connectivity index (χ2n) is 7.11. The minimum absolute atomic E-state index is 0.0259. The third kappa shape index (κ3) is 9.62. The van der Waals surface area contributed by atoms with Crippen LogP contribution < -0.4 is 10.1 Å². The highest BCUT2D eigenvalue weighted by atomic mass is 31.2. The molecule has 2 atom stereocenters. The van der Waals surface area contributed by atoms with E-state index in [0.717, 1.165) is 5.56 Å². The minimum atomic E-state index is -4.06. The molecule has 0 fully saturated rings. The molecule has 0 aliphatic heterocycles. The molecular weight excluding hydrogens is 469 g/mol. The van der Waals surface area contributed by atoms with Gasteiger partial charge in [-0.2, -0.15) is 0 Å². The molecule has 184 valence electrons. The Balaban J connectivity index is 1.66. The highest BCUT2D eigenvalue weighted by Crippen LogP contribution is 2.54. The summed E-state index contributed by atoms with van der Waals surface area (Å²) < 4.78 is 27.2. The van der Waals surface area contributed by atoms with Crippen molar-refractivity contribution in [3.8, 4) is 5.75 Å². The molecule has 0 saturated carbocycles. The lowest BCUT2D eigenvalue weighted by molar-refractivity contribution is -0.144. The maximum absolute atomic E-state index is 12.5. The van der Waals surface area contributed by atoms with Gasteiger partial charge in [-0.1, -0.05) is 42.5 Å². The third-order valence-corrected chi connectivity index (χ3v) is 6.46. The van der Waals surface area contributed by atoms with Crippen LogP contribution in [-0.2, 0) is 30.2 Å². The normalized spacial score (nSPS) is 13.2. The summed E-state index contributed by atoms with van der Waals surface area (Å²) in [6.07, 6.45) is -1.33. The van der Waals surface area contributed by atoms with Crippen molar-refractivity contribution in [2.45, 2.75) is 25.3 Å². The van der Waals surface area contributed by atoms with E-state index in [1.54, 1.807) is 24.3 Å². The number of benzene rings is 2. The Hall–Kier alpha value is -3.40. The molecule has 2 aromatic rings. The first kappa shape index (κ1) is 26.8. The van der Waals surface area contributed by atoms with E-state index in [0.29, 0.717) is 0 Å². The molecule has 0 bridgehead atoms. The van der Waals surface area contributed by atoms with Crippen molar-refractivity contribution in [2.75, 3.05) is 19.5 Å². The molecule has 0 radical (unpaired) electrons. The molecular formula is C22H26NO10P. The molecule has 0 saturated heterocycles. The molecule has 0 spiro atoms. The van der Waals surface area contributed by atoms with E-state index in [1.165, 1.54) is 24.3 Å². The lowest BCUT2D eigenvalue weighted by Crippen LogP contribution is -2.28. The molecule has 1 unspecified atom stereocenters. The molecule has 0 heterocycles. The Morgan fingerprint density at radius 2 is 1.68 bits per heavy atom. The van der Waals surface area contributed by atoms with Gasteiger partial charge in [-0.15, -0.1) is 0 Å². The number of nitrogens with one attached hydrogen (secondary N) is 1. The topological polar surface area (TPSA) is 169 Å². The Morgan fingerprint density at radius 3 is 2.32 bits per heavy atom. The number of amides is 1. The van der Waals surface area contributed by atoms with E-state index < -0.39 is 44.6 Å². The Labute approximate surface area is 195 Å². The largest absolute Gasteiger partial charge is 0.482 e. The summed E-state index contributed by atoms with van der Waals surface area (Å²) in [5.74, 6) is -3.30. The van der Waals surface area contributed by atoms with E-state index in [2.05, 4.69) is 5.32 Å². The minimum Gasteiger partial charge on any atom is -0.482 e. The van der Waals surface area contributed by atoms with Gasteiger partial charge in [0.1, 0.15) is 12.4 Å². The van der Waals surface area contributed by atoms with Gasteiger partial charge in [0.15, 0.2) is 19.2 Å². The predicted molar refractivity (Wildman–Crippen MR) is 119 cm³/mol. The molecule has 11 nitrogen and oxygen atoms in total. The Kier molecular flexibility index (Phi) is 10.5. The van der Waals surface area contributed by atoms with E-state index in [1.807, 2.05) is 6.07 Å². The number of esters is 1. The summed E-state index contributed by atoms with van der Waals surface area (Å²) in [6.45, 7) is -0.893. The molecule has 2 aromatic carbocycles. The van der Waals surface area contributed by atoms with Gasteiger partial charge < -0.3 is 29.3 Å². The molecule has 34 heavy (non-hydrogen) atoms. The smallest absolute Gasteiger partial charge is 0.410 e. The van der Waals surface area contributed by atoms with Gasteiger partial charge in [0, 0.05) is 12.6 Å².